The van der Waals surface area contributed by atoms with Gasteiger partial charge in [-0.25, -0.2) is 9.37 Å². The van der Waals surface area contributed by atoms with Crippen LogP contribution in [0.15, 0.2) is 29.3 Å². The smallest absolute Gasteiger partial charge is 0.134 e. The van der Waals surface area contributed by atoms with Gasteiger partial charge in [0.25, 0.3) is 0 Å². The van der Waals surface area contributed by atoms with E-state index < -0.39 is 0 Å². The number of benzene rings is 1. The van der Waals surface area contributed by atoms with Crippen LogP contribution in [0, 0.1) is 5.82 Å². The first-order chi connectivity index (χ1) is 8.67. The molecule has 0 amide bonds. The lowest BCUT2D eigenvalue weighted by Gasteiger charge is -2.06. The fourth-order valence-electron chi connectivity index (χ4n) is 1.63. The predicted molar refractivity (Wildman–Crippen MR) is 76.8 cm³/mol. The Morgan fingerprint density at radius 2 is 2.22 bits per heavy atom. The molecule has 0 fully saturated rings. The van der Waals surface area contributed by atoms with Crippen LogP contribution in [0.25, 0.3) is 10.6 Å². The number of thioether (sulfide) groups is 1. The topological polar surface area (TPSA) is 24.9 Å². The summed E-state index contributed by atoms with van der Waals surface area (Å²) in [6, 6.07) is 5.37. The van der Waals surface area contributed by atoms with Crippen LogP contribution in [-0.2, 0) is 0 Å². The van der Waals surface area contributed by atoms with E-state index in [0.29, 0.717) is 5.56 Å². The van der Waals surface area contributed by atoms with Crippen LogP contribution in [0.5, 0.6) is 0 Å². The molecule has 1 N–H and O–H groups in total. The third-order valence-electron chi connectivity index (χ3n) is 2.79. The maximum atomic E-state index is 14.0. The summed E-state index contributed by atoms with van der Waals surface area (Å²) in [5, 5.41) is 3.91. The zero-order valence-electron chi connectivity index (χ0n) is 10.5. The Morgan fingerprint density at radius 3 is 2.89 bits per heavy atom. The molecule has 0 radical (unpaired) electrons. The van der Waals surface area contributed by atoms with E-state index in [1.807, 2.05) is 25.6 Å². The number of nitrogens with zero attached hydrogens (tertiary/aromatic N) is 1. The molecular formula is C13H15FN2S2. The van der Waals surface area contributed by atoms with Gasteiger partial charge >= 0.3 is 0 Å². The number of halogens is 1. The summed E-state index contributed by atoms with van der Waals surface area (Å²) in [6.45, 7) is 2.06. The third kappa shape index (κ3) is 2.58. The van der Waals surface area contributed by atoms with Gasteiger partial charge < -0.3 is 5.32 Å². The number of rotatable bonds is 4. The Bertz CT molecular complexity index is 540. The fourth-order valence-corrected chi connectivity index (χ4v) is 3.34. The zero-order chi connectivity index (χ0) is 13.1. The van der Waals surface area contributed by atoms with Crippen LogP contribution in [0.1, 0.15) is 17.8 Å². The van der Waals surface area contributed by atoms with E-state index in [2.05, 4.69) is 17.2 Å². The first-order valence-corrected chi connectivity index (χ1v) is 7.67. The molecule has 2 aromatic rings. The molecular weight excluding hydrogens is 267 g/mol. The van der Waals surface area contributed by atoms with Crippen molar-refractivity contribution >= 4 is 23.1 Å². The number of hydrogen-bond donors (Lipinski definition) is 1. The lowest BCUT2D eigenvalue weighted by molar-refractivity contribution is 0.628. The summed E-state index contributed by atoms with van der Waals surface area (Å²) in [5.41, 5.74) is 0.615. The van der Waals surface area contributed by atoms with Gasteiger partial charge in [-0.2, -0.15) is 0 Å². The molecule has 1 unspecified atom stereocenters. The molecule has 1 aromatic carbocycles. The fraction of sp³-hybridized carbons (Fsp3) is 0.308. The van der Waals surface area contributed by atoms with Crippen molar-refractivity contribution in [3.8, 4) is 10.6 Å². The maximum absolute atomic E-state index is 14.0. The minimum Gasteiger partial charge on any atom is -0.312 e. The van der Waals surface area contributed by atoms with Crippen LogP contribution < -0.4 is 5.32 Å². The highest BCUT2D eigenvalue weighted by atomic mass is 32.2. The first-order valence-electron chi connectivity index (χ1n) is 5.63. The van der Waals surface area contributed by atoms with Gasteiger partial charge in [-0.1, -0.05) is 6.07 Å². The molecule has 1 heterocycles. The third-order valence-corrected chi connectivity index (χ3v) is 4.77. The van der Waals surface area contributed by atoms with Gasteiger partial charge in [-0.15, -0.1) is 23.1 Å². The molecule has 2 nitrogen and oxygen atoms in total. The predicted octanol–water partition coefficient (Wildman–Crippen LogP) is 3.95. The number of aromatic nitrogens is 1. The highest BCUT2D eigenvalue weighted by Crippen LogP contribution is 2.36. The highest BCUT2D eigenvalue weighted by molar-refractivity contribution is 7.98. The molecule has 2 rings (SSSR count). The van der Waals surface area contributed by atoms with Crippen molar-refractivity contribution < 1.29 is 4.39 Å². The summed E-state index contributed by atoms with van der Waals surface area (Å²) >= 11 is 3.07. The Morgan fingerprint density at radius 1 is 1.44 bits per heavy atom. The normalized spacial score (nSPS) is 12.7. The summed E-state index contributed by atoms with van der Waals surface area (Å²) in [7, 11) is 1.90. The summed E-state index contributed by atoms with van der Waals surface area (Å²) in [5.74, 6) is -0.208. The average molecular weight is 282 g/mol. The molecule has 96 valence electrons. The second kappa shape index (κ2) is 5.82. The van der Waals surface area contributed by atoms with Crippen LogP contribution >= 0.6 is 23.1 Å². The minimum atomic E-state index is -0.208. The SMILES string of the molecule is CNC(C)c1cnc(-c2c(F)cccc2SC)s1. The van der Waals surface area contributed by atoms with Crippen molar-refractivity contribution in [2.24, 2.45) is 0 Å². The van der Waals surface area contributed by atoms with Crippen LogP contribution in [-0.4, -0.2) is 18.3 Å². The van der Waals surface area contributed by atoms with Crippen molar-refractivity contribution in [2.75, 3.05) is 13.3 Å². The molecule has 0 saturated heterocycles. The standard InChI is InChI=1S/C13H15FN2S2/c1-8(15-2)11-7-16-13(18-11)12-9(14)5-4-6-10(12)17-3/h4-8,15H,1-3H3. The summed E-state index contributed by atoms with van der Waals surface area (Å²) in [4.78, 5) is 6.39. The Kier molecular flexibility index (Phi) is 4.37. The van der Waals surface area contributed by atoms with Gasteiger partial charge in [-0.05, 0) is 32.4 Å². The van der Waals surface area contributed by atoms with Crippen molar-refractivity contribution in [3.05, 3.63) is 35.1 Å². The van der Waals surface area contributed by atoms with Crippen molar-refractivity contribution in [2.45, 2.75) is 17.9 Å². The molecule has 0 bridgehead atoms. The second-order valence-electron chi connectivity index (χ2n) is 3.90. The van der Waals surface area contributed by atoms with Crippen LogP contribution in [0.4, 0.5) is 4.39 Å². The van der Waals surface area contributed by atoms with Crippen molar-refractivity contribution in [1.82, 2.24) is 10.3 Å². The lowest BCUT2D eigenvalue weighted by atomic mass is 10.2. The maximum Gasteiger partial charge on any atom is 0.134 e. The first kappa shape index (κ1) is 13.5. The van der Waals surface area contributed by atoms with Gasteiger partial charge in [0.05, 0.1) is 5.56 Å². The Labute approximate surface area is 115 Å². The Balaban J connectivity index is 2.46. The molecule has 18 heavy (non-hydrogen) atoms. The zero-order valence-corrected chi connectivity index (χ0v) is 12.2. The van der Waals surface area contributed by atoms with Crippen molar-refractivity contribution in [1.29, 1.82) is 0 Å². The molecule has 0 aliphatic heterocycles. The summed E-state index contributed by atoms with van der Waals surface area (Å²) < 4.78 is 14.0. The molecule has 1 atom stereocenters. The summed E-state index contributed by atoms with van der Waals surface area (Å²) in [6.07, 6.45) is 3.76. The quantitative estimate of drug-likeness (QED) is 0.859. The monoisotopic (exact) mass is 282 g/mol. The van der Waals surface area contributed by atoms with Gasteiger partial charge in [0.2, 0.25) is 0 Å². The van der Waals surface area contributed by atoms with E-state index in [1.54, 1.807) is 6.07 Å². The van der Waals surface area contributed by atoms with Gasteiger partial charge in [0, 0.05) is 22.0 Å². The number of nitrogens with one attached hydrogen (secondary N) is 1. The van der Waals surface area contributed by atoms with E-state index in [-0.39, 0.29) is 11.9 Å². The van der Waals surface area contributed by atoms with Gasteiger partial charge in [0.15, 0.2) is 0 Å². The lowest BCUT2D eigenvalue weighted by Crippen LogP contribution is -2.10. The molecule has 0 saturated carbocycles. The van der Waals surface area contributed by atoms with Crippen LogP contribution in [0.2, 0.25) is 0 Å². The van der Waals surface area contributed by atoms with Crippen LogP contribution in [0.3, 0.4) is 0 Å². The molecule has 0 aliphatic rings. The van der Waals surface area contributed by atoms with E-state index in [1.165, 1.54) is 29.2 Å². The highest BCUT2D eigenvalue weighted by Gasteiger charge is 2.15. The molecule has 1 aromatic heterocycles. The second-order valence-corrected chi connectivity index (χ2v) is 5.81. The molecule has 0 spiro atoms. The van der Waals surface area contributed by atoms with Gasteiger partial charge in [0.1, 0.15) is 10.8 Å². The Hall–Kier alpha value is -0.910. The minimum absolute atomic E-state index is 0.208. The largest absolute Gasteiger partial charge is 0.312 e. The average Bonchev–Trinajstić information content (AvgIpc) is 2.86. The van der Waals surface area contributed by atoms with E-state index >= 15 is 0 Å². The number of hydrogen-bond acceptors (Lipinski definition) is 4. The molecule has 0 aliphatic carbocycles. The van der Waals surface area contributed by atoms with E-state index in [9.17, 15) is 4.39 Å². The number of thiazole rings is 1. The van der Waals surface area contributed by atoms with Crippen molar-refractivity contribution in [3.63, 3.8) is 0 Å². The van der Waals surface area contributed by atoms with E-state index in [0.717, 1.165) is 14.8 Å². The van der Waals surface area contributed by atoms with Gasteiger partial charge in [-0.3, -0.25) is 0 Å². The molecule has 5 heteroatoms. The van der Waals surface area contributed by atoms with E-state index in [4.69, 9.17) is 0 Å².